The molecule has 4 fully saturated rings. The van der Waals surface area contributed by atoms with Crippen LogP contribution in [0.25, 0.3) is 0 Å². The molecule has 4 aliphatic heterocycles. The Morgan fingerprint density at radius 2 is 1.96 bits per heavy atom. The van der Waals surface area contributed by atoms with Crippen molar-refractivity contribution in [2.24, 2.45) is 5.92 Å². The van der Waals surface area contributed by atoms with Crippen LogP contribution in [-0.2, 0) is 6.42 Å². The van der Waals surface area contributed by atoms with E-state index in [0.29, 0.717) is 29.6 Å². The molecule has 142 valence electrons. The average molecular weight is 382 g/mol. The molecule has 4 nitrogen and oxygen atoms in total. The molecule has 2 aromatic rings. The van der Waals surface area contributed by atoms with Gasteiger partial charge in [-0.3, -0.25) is 9.69 Å². The Kier molecular flexibility index (Phi) is 4.52. The second-order valence-electron chi connectivity index (χ2n) is 8.21. The van der Waals surface area contributed by atoms with Gasteiger partial charge in [0.1, 0.15) is 5.69 Å². The minimum absolute atomic E-state index is 0.149. The molecule has 0 unspecified atom stereocenters. The zero-order valence-corrected chi connectivity index (χ0v) is 16.7. The third kappa shape index (κ3) is 2.92. The number of likely N-dealkylation sites (tertiary alicyclic amines) is 1. The molecule has 2 bridgehead atoms. The topological polar surface area (TPSA) is 36.4 Å². The predicted molar refractivity (Wildman–Crippen MR) is 108 cm³/mol. The number of fused-ring (bicyclic) bond motifs is 2. The molecule has 5 heteroatoms. The lowest BCUT2D eigenvalue weighted by molar-refractivity contribution is -0.00356. The third-order valence-electron chi connectivity index (χ3n) is 6.72. The summed E-state index contributed by atoms with van der Waals surface area (Å²) in [6, 6.07) is 11.6. The van der Waals surface area contributed by atoms with Gasteiger partial charge in [-0.15, -0.1) is 11.3 Å². The second-order valence-corrected chi connectivity index (χ2v) is 9.15. The number of carbonyl (C=O) groups excluding carboxylic acids is 1. The molecular weight excluding hydrogens is 354 g/mol. The van der Waals surface area contributed by atoms with E-state index in [-0.39, 0.29) is 5.91 Å². The highest BCUT2D eigenvalue weighted by molar-refractivity contribution is 7.09. The fourth-order valence-electron chi connectivity index (χ4n) is 5.53. The van der Waals surface area contributed by atoms with E-state index < -0.39 is 0 Å². The Hall–Kier alpha value is -1.72. The minimum atomic E-state index is 0.149. The maximum atomic E-state index is 13.4. The van der Waals surface area contributed by atoms with Crippen LogP contribution in [0.1, 0.15) is 53.2 Å². The Balaban J connectivity index is 1.47. The third-order valence-corrected chi connectivity index (χ3v) is 7.63. The minimum Gasteiger partial charge on any atom is -0.332 e. The fourth-order valence-corrected chi connectivity index (χ4v) is 6.41. The summed E-state index contributed by atoms with van der Waals surface area (Å²) in [6.07, 6.45) is 4.49. The predicted octanol–water partition coefficient (Wildman–Crippen LogP) is 3.80. The monoisotopic (exact) mass is 381 g/mol. The molecule has 0 saturated carbocycles. The number of rotatable bonds is 4. The molecule has 4 aliphatic rings. The number of aryl methyl sites for hydroxylation is 1. The molecule has 1 aromatic heterocycles. The first-order valence-electron chi connectivity index (χ1n) is 10.3. The summed E-state index contributed by atoms with van der Waals surface area (Å²) in [5, 5.41) is 3.06. The number of nitrogens with zero attached hydrogens (tertiary/aromatic N) is 3. The highest BCUT2D eigenvalue weighted by Gasteiger charge is 2.54. The van der Waals surface area contributed by atoms with Gasteiger partial charge in [-0.05, 0) is 50.3 Å². The van der Waals surface area contributed by atoms with Crippen molar-refractivity contribution in [1.29, 1.82) is 0 Å². The smallest absolute Gasteiger partial charge is 0.273 e. The van der Waals surface area contributed by atoms with Gasteiger partial charge in [0.05, 0.1) is 11.0 Å². The van der Waals surface area contributed by atoms with E-state index in [4.69, 9.17) is 0 Å². The number of hydrogen-bond donors (Lipinski definition) is 0. The Labute approximate surface area is 165 Å². The molecule has 0 aliphatic carbocycles. The van der Waals surface area contributed by atoms with Crippen molar-refractivity contribution in [2.45, 2.75) is 50.6 Å². The summed E-state index contributed by atoms with van der Waals surface area (Å²) in [5.74, 6) is 1.21. The van der Waals surface area contributed by atoms with Crippen molar-refractivity contribution >= 4 is 17.2 Å². The SMILES string of the molecule is CCCc1nc(C(=O)N2C[C@H](c3ccccc3)[C@H]3[C@@H]2C2CCN3CC2)cs1. The van der Waals surface area contributed by atoms with Gasteiger partial charge in [-0.1, -0.05) is 37.3 Å². The van der Waals surface area contributed by atoms with Gasteiger partial charge >= 0.3 is 0 Å². The molecule has 27 heavy (non-hydrogen) atoms. The maximum Gasteiger partial charge on any atom is 0.273 e. The summed E-state index contributed by atoms with van der Waals surface area (Å²) in [5.41, 5.74) is 2.03. The van der Waals surface area contributed by atoms with Crippen LogP contribution >= 0.6 is 11.3 Å². The quantitative estimate of drug-likeness (QED) is 0.808. The first kappa shape index (κ1) is 17.4. The zero-order valence-electron chi connectivity index (χ0n) is 15.9. The van der Waals surface area contributed by atoms with Crippen LogP contribution in [0.5, 0.6) is 0 Å². The van der Waals surface area contributed by atoms with E-state index in [2.05, 4.69) is 52.0 Å². The summed E-state index contributed by atoms with van der Waals surface area (Å²) in [6.45, 7) is 5.36. The number of piperidine rings is 3. The highest BCUT2D eigenvalue weighted by Crippen LogP contribution is 2.46. The van der Waals surface area contributed by atoms with E-state index in [0.717, 1.165) is 24.4 Å². The van der Waals surface area contributed by atoms with Crippen LogP contribution in [0.3, 0.4) is 0 Å². The molecular formula is C22H27N3OS. The van der Waals surface area contributed by atoms with E-state index in [9.17, 15) is 4.79 Å². The summed E-state index contributed by atoms with van der Waals surface area (Å²) in [7, 11) is 0. The molecule has 1 amide bonds. The van der Waals surface area contributed by atoms with E-state index in [1.807, 2.05) is 5.38 Å². The van der Waals surface area contributed by atoms with Gasteiger partial charge in [0.15, 0.2) is 0 Å². The van der Waals surface area contributed by atoms with Gasteiger partial charge in [-0.25, -0.2) is 4.98 Å². The lowest BCUT2D eigenvalue weighted by Gasteiger charge is -2.51. The van der Waals surface area contributed by atoms with Gasteiger partial charge in [0.25, 0.3) is 5.91 Å². The fraction of sp³-hybridized carbons (Fsp3) is 0.545. The average Bonchev–Trinajstić information content (AvgIpc) is 3.36. The molecule has 0 N–H and O–H groups in total. The molecule has 4 saturated heterocycles. The number of carbonyl (C=O) groups is 1. The Morgan fingerprint density at radius 1 is 1.19 bits per heavy atom. The van der Waals surface area contributed by atoms with Crippen LogP contribution < -0.4 is 0 Å². The second kappa shape index (κ2) is 7.02. The van der Waals surface area contributed by atoms with Crippen LogP contribution in [0.4, 0.5) is 0 Å². The van der Waals surface area contributed by atoms with Crippen molar-refractivity contribution in [3.05, 3.63) is 52.0 Å². The lowest BCUT2D eigenvalue weighted by Crippen LogP contribution is -2.60. The van der Waals surface area contributed by atoms with Crippen molar-refractivity contribution < 1.29 is 4.79 Å². The van der Waals surface area contributed by atoms with Crippen LogP contribution in [0.2, 0.25) is 0 Å². The number of hydrogen-bond acceptors (Lipinski definition) is 4. The van der Waals surface area contributed by atoms with Gasteiger partial charge < -0.3 is 4.90 Å². The maximum absolute atomic E-state index is 13.4. The van der Waals surface area contributed by atoms with Crippen LogP contribution in [-0.4, -0.2) is 52.4 Å². The first-order valence-corrected chi connectivity index (χ1v) is 11.2. The van der Waals surface area contributed by atoms with Crippen molar-refractivity contribution in [3.8, 4) is 0 Å². The van der Waals surface area contributed by atoms with Gasteiger partial charge in [0, 0.05) is 23.9 Å². The molecule has 6 rings (SSSR count). The number of benzene rings is 1. The Bertz CT molecular complexity index is 812. The molecule has 1 aromatic carbocycles. The van der Waals surface area contributed by atoms with E-state index in [1.54, 1.807) is 11.3 Å². The van der Waals surface area contributed by atoms with E-state index in [1.165, 1.54) is 31.5 Å². The van der Waals surface area contributed by atoms with Crippen LogP contribution in [0, 0.1) is 5.92 Å². The van der Waals surface area contributed by atoms with Crippen molar-refractivity contribution in [1.82, 2.24) is 14.8 Å². The molecule has 3 atom stereocenters. The lowest BCUT2D eigenvalue weighted by atomic mass is 9.75. The largest absolute Gasteiger partial charge is 0.332 e. The normalized spacial score (nSPS) is 31.9. The van der Waals surface area contributed by atoms with Crippen molar-refractivity contribution in [3.63, 3.8) is 0 Å². The molecule has 0 radical (unpaired) electrons. The summed E-state index contributed by atoms with van der Waals surface area (Å²) in [4.78, 5) is 22.9. The Morgan fingerprint density at radius 3 is 2.70 bits per heavy atom. The standard InChI is InChI=1S/C22H27N3OS/c1-2-6-19-23-18(14-27-19)22(26)25-13-17(15-7-4-3-5-8-15)21-20(25)16-9-11-24(21)12-10-16/h3-5,7-8,14,16-17,20-21H,2,6,9-13H2,1H3/t17-,20+,21+/m1/s1. The first-order chi connectivity index (χ1) is 13.3. The number of aromatic nitrogens is 1. The van der Waals surface area contributed by atoms with Gasteiger partial charge in [-0.2, -0.15) is 0 Å². The zero-order chi connectivity index (χ0) is 18.4. The number of thiazole rings is 1. The van der Waals surface area contributed by atoms with Gasteiger partial charge in [0.2, 0.25) is 0 Å². The highest BCUT2D eigenvalue weighted by atomic mass is 32.1. The summed E-state index contributed by atoms with van der Waals surface area (Å²) < 4.78 is 0. The van der Waals surface area contributed by atoms with Crippen molar-refractivity contribution in [2.75, 3.05) is 19.6 Å². The summed E-state index contributed by atoms with van der Waals surface area (Å²) >= 11 is 1.63. The number of amides is 1. The molecule has 5 heterocycles. The van der Waals surface area contributed by atoms with E-state index >= 15 is 0 Å². The molecule has 0 spiro atoms. The van der Waals surface area contributed by atoms with Crippen LogP contribution in [0.15, 0.2) is 35.7 Å².